The van der Waals surface area contributed by atoms with Gasteiger partial charge in [-0.15, -0.1) is 9.24 Å². The standard InChI is InChI=1S/C7H7O2P.C3H4O2.Cu/c8-7(9)5-3-1-2-4-6(5)10;4-2-1-3-5;/h1-4H,10H2,(H,8,9);1-4H;/b;2-1-;. The van der Waals surface area contributed by atoms with Crippen molar-refractivity contribution in [3.05, 3.63) is 42.2 Å². The zero-order valence-corrected chi connectivity index (χ0v) is 10.2. The predicted octanol–water partition coefficient (Wildman–Crippen LogP) is 1.14. The third kappa shape index (κ3) is 7.18. The number of aromatic carboxylic acids is 1. The Morgan fingerprint density at radius 1 is 1.31 bits per heavy atom. The van der Waals surface area contributed by atoms with E-state index in [0.717, 1.165) is 11.4 Å². The molecule has 0 aromatic heterocycles. The number of aldehydes is 1. The number of carboxylic acid groups (broad SMARTS) is 1. The second-order valence-corrected chi connectivity index (χ2v) is 2.99. The maximum absolute atomic E-state index is 10.4. The molecular weight excluding hydrogens is 279 g/mol. The van der Waals surface area contributed by atoms with Crippen LogP contribution in [0.15, 0.2) is 36.6 Å². The number of aliphatic hydroxyl groups excluding tert-OH is 1. The average Bonchev–Trinajstić information content (AvgIpc) is 2.20. The van der Waals surface area contributed by atoms with Crippen LogP contribution in [0.25, 0.3) is 0 Å². The van der Waals surface area contributed by atoms with Crippen LogP contribution in [0.1, 0.15) is 10.4 Å². The molecule has 2 N–H and O–H groups in total. The van der Waals surface area contributed by atoms with Crippen molar-refractivity contribution in [2.75, 3.05) is 0 Å². The van der Waals surface area contributed by atoms with Gasteiger partial charge in [-0.25, -0.2) is 4.79 Å². The fourth-order valence-electron chi connectivity index (χ4n) is 0.727. The number of rotatable bonds is 2. The molecule has 0 aliphatic heterocycles. The molecule has 0 saturated carbocycles. The first-order chi connectivity index (χ1) is 7.13. The number of hydrogen-bond acceptors (Lipinski definition) is 3. The van der Waals surface area contributed by atoms with E-state index in [1.165, 1.54) is 0 Å². The fraction of sp³-hybridized carbons (Fsp3) is 0. The topological polar surface area (TPSA) is 74.6 Å². The molecule has 0 aliphatic carbocycles. The van der Waals surface area contributed by atoms with E-state index < -0.39 is 5.97 Å². The molecule has 4 nitrogen and oxygen atoms in total. The van der Waals surface area contributed by atoms with Crippen LogP contribution in [-0.2, 0) is 21.9 Å². The SMILES string of the molecule is O=C(O)c1ccccc1P.O=C/C=C\O.[Cu]. The van der Waals surface area contributed by atoms with E-state index in [2.05, 4.69) is 9.24 Å². The summed E-state index contributed by atoms with van der Waals surface area (Å²) in [6, 6.07) is 6.82. The molecule has 91 valence electrons. The first kappa shape index (κ1) is 17.3. The smallest absolute Gasteiger partial charge is 0.336 e. The Labute approximate surface area is 106 Å². The molecule has 0 heterocycles. The van der Waals surface area contributed by atoms with Crippen molar-refractivity contribution in [3.63, 3.8) is 0 Å². The predicted molar refractivity (Wildman–Crippen MR) is 60.6 cm³/mol. The molecule has 0 amide bonds. The Morgan fingerprint density at radius 2 is 1.88 bits per heavy atom. The first-order valence-corrected chi connectivity index (χ1v) is 4.53. The van der Waals surface area contributed by atoms with Crippen molar-refractivity contribution < 1.29 is 36.9 Å². The number of allylic oxidation sites excluding steroid dienone is 1. The van der Waals surface area contributed by atoms with Gasteiger partial charge in [-0.05, 0) is 11.4 Å². The molecule has 1 aromatic rings. The zero-order chi connectivity index (χ0) is 11.7. The number of carbonyl (C=O) groups is 2. The summed E-state index contributed by atoms with van der Waals surface area (Å²) in [6.45, 7) is 0. The van der Waals surface area contributed by atoms with Crippen molar-refractivity contribution >= 4 is 26.8 Å². The fourth-order valence-corrected chi connectivity index (χ4v) is 1.06. The molecule has 0 saturated heterocycles. The van der Waals surface area contributed by atoms with E-state index in [1.54, 1.807) is 24.3 Å². The summed E-state index contributed by atoms with van der Waals surface area (Å²) in [5.74, 6) is -0.884. The van der Waals surface area contributed by atoms with E-state index in [9.17, 15) is 4.79 Å². The molecule has 0 bridgehead atoms. The van der Waals surface area contributed by atoms with E-state index in [4.69, 9.17) is 15.0 Å². The van der Waals surface area contributed by atoms with Gasteiger partial charge in [0.1, 0.15) is 6.29 Å². The first-order valence-electron chi connectivity index (χ1n) is 3.95. The summed E-state index contributed by atoms with van der Waals surface area (Å²) in [5, 5.41) is 16.9. The molecular formula is C10H11CuO4P. The van der Waals surface area contributed by atoms with Crippen molar-refractivity contribution in [1.29, 1.82) is 0 Å². The van der Waals surface area contributed by atoms with Gasteiger partial charge in [-0.2, -0.15) is 0 Å². The van der Waals surface area contributed by atoms with Crippen LogP contribution in [0.3, 0.4) is 0 Å². The normalized spacial score (nSPS) is 8.56. The average molecular weight is 290 g/mol. The molecule has 0 fully saturated rings. The Hall–Kier alpha value is -1.15. The molecule has 1 unspecified atom stereocenters. The quantitative estimate of drug-likeness (QED) is 0.281. The summed E-state index contributed by atoms with van der Waals surface area (Å²) in [7, 11) is 2.37. The molecule has 1 aromatic carbocycles. The number of carbonyl (C=O) groups excluding carboxylic acids is 1. The number of carboxylic acids is 1. The maximum atomic E-state index is 10.4. The van der Waals surface area contributed by atoms with Crippen LogP contribution < -0.4 is 5.30 Å². The van der Waals surface area contributed by atoms with Crippen LogP contribution in [0.4, 0.5) is 0 Å². The van der Waals surface area contributed by atoms with Crippen molar-refractivity contribution in [2.24, 2.45) is 0 Å². The second kappa shape index (κ2) is 10.4. The maximum Gasteiger partial charge on any atom is 0.336 e. The van der Waals surface area contributed by atoms with Gasteiger partial charge in [0.25, 0.3) is 0 Å². The Bertz CT molecular complexity index is 366. The summed E-state index contributed by atoms with van der Waals surface area (Å²) in [5.41, 5.74) is 0.340. The van der Waals surface area contributed by atoms with E-state index in [0.29, 0.717) is 18.1 Å². The van der Waals surface area contributed by atoms with Crippen molar-refractivity contribution in [2.45, 2.75) is 0 Å². The van der Waals surface area contributed by atoms with Crippen molar-refractivity contribution in [3.8, 4) is 0 Å². The Kier molecular flexibility index (Phi) is 11.2. The number of benzene rings is 1. The van der Waals surface area contributed by atoms with E-state index in [-0.39, 0.29) is 17.1 Å². The molecule has 16 heavy (non-hydrogen) atoms. The van der Waals surface area contributed by atoms with Gasteiger partial charge in [0.2, 0.25) is 0 Å². The van der Waals surface area contributed by atoms with Gasteiger partial charge in [0.15, 0.2) is 0 Å². The molecule has 1 radical (unpaired) electrons. The van der Waals surface area contributed by atoms with Gasteiger partial charge >= 0.3 is 5.97 Å². The summed E-state index contributed by atoms with van der Waals surface area (Å²) >= 11 is 0. The van der Waals surface area contributed by atoms with Crippen LogP contribution in [0, 0.1) is 0 Å². The van der Waals surface area contributed by atoms with Crippen LogP contribution in [0.2, 0.25) is 0 Å². The second-order valence-electron chi connectivity index (χ2n) is 2.37. The third-order valence-corrected chi connectivity index (χ3v) is 1.86. The van der Waals surface area contributed by atoms with E-state index in [1.807, 2.05) is 0 Å². The van der Waals surface area contributed by atoms with Gasteiger partial charge in [-0.1, -0.05) is 18.2 Å². The van der Waals surface area contributed by atoms with Gasteiger partial charge in [0.05, 0.1) is 11.8 Å². The van der Waals surface area contributed by atoms with Gasteiger partial charge in [-0.3, -0.25) is 4.79 Å². The number of aliphatic hydroxyl groups is 1. The van der Waals surface area contributed by atoms with Crippen molar-refractivity contribution in [1.82, 2.24) is 0 Å². The third-order valence-electron chi connectivity index (χ3n) is 1.36. The molecule has 0 aliphatic rings. The monoisotopic (exact) mass is 289 g/mol. The Morgan fingerprint density at radius 3 is 2.12 bits per heavy atom. The van der Waals surface area contributed by atoms with E-state index >= 15 is 0 Å². The summed E-state index contributed by atoms with van der Waals surface area (Å²) in [6.07, 6.45) is 2.19. The minimum atomic E-state index is -0.884. The van der Waals surface area contributed by atoms with Crippen LogP contribution in [-0.4, -0.2) is 22.5 Å². The Balaban J connectivity index is 0. The largest absolute Gasteiger partial charge is 0.515 e. The van der Waals surface area contributed by atoms with Gasteiger partial charge < -0.3 is 10.2 Å². The van der Waals surface area contributed by atoms with Crippen LogP contribution >= 0.6 is 9.24 Å². The van der Waals surface area contributed by atoms with Gasteiger partial charge in [0, 0.05) is 23.1 Å². The van der Waals surface area contributed by atoms with Crippen LogP contribution in [0.5, 0.6) is 0 Å². The summed E-state index contributed by atoms with van der Waals surface area (Å²) < 4.78 is 0. The minimum absolute atomic E-state index is 0. The molecule has 1 rings (SSSR count). The summed E-state index contributed by atoms with van der Waals surface area (Å²) in [4.78, 5) is 19.6. The molecule has 1 atom stereocenters. The zero-order valence-electron chi connectivity index (χ0n) is 8.13. The molecule has 6 heteroatoms. The minimum Gasteiger partial charge on any atom is -0.515 e. The molecule has 0 spiro atoms. The number of hydrogen-bond donors (Lipinski definition) is 2.